The molecular weight excluding hydrogens is 186 g/mol. The van der Waals surface area contributed by atoms with Crippen molar-refractivity contribution < 1.29 is 4.74 Å². The van der Waals surface area contributed by atoms with Gasteiger partial charge in [0.2, 0.25) is 0 Å². The van der Waals surface area contributed by atoms with E-state index < -0.39 is 0 Å². The Morgan fingerprint density at radius 2 is 2.07 bits per heavy atom. The molecule has 1 N–H and O–H groups in total. The van der Waals surface area contributed by atoms with Crippen molar-refractivity contribution in [3.63, 3.8) is 0 Å². The zero-order valence-corrected chi connectivity index (χ0v) is 10.8. The van der Waals surface area contributed by atoms with E-state index in [1.807, 2.05) is 0 Å². The lowest BCUT2D eigenvalue weighted by atomic mass is 9.82. The van der Waals surface area contributed by atoms with E-state index in [0.717, 1.165) is 24.9 Å². The summed E-state index contributed by atoms with van der Waals surface area (Å²) in [7, 11) is 1.78. The number of nitrogens with one attached hydrogen (secondary N) is 1. The highest BCUT2D eigenvalue weighted by Crippen LogP contribution is 2.27. The summed E-state index contributed by atoms with van der Waals surface area (Å²) in [4.78, 5) is 0. The predicted molar refractivity (Wildman–Crippen MR) is 65.1 cm³/mol. The van der Waals surface area contributed by atoms with Gasteiger partial charge in [0.25, 0.3) is 0 Å². The van der Waals surface area contributed by atoms with Gasteiger partial charge in [0.1, 0.15) is 0 Å². The fourth-order valence-corrected chi connectivity index (χ4v) is 2.39. The van der Waals surface area contributed by atoms with E-state index in [1.54, 1.807) is 7.11 Å². The highest BCUT2D eigenvalue weighted by atomic mass is 16.5. The standard InChI is InChI=1S/C13H27NO/c1-11-6-5-7-12(8-11)9-14-10-13(2,3)15-4/h11-12,14H,5-10H2,1-4H3. The highest BCUT2D eigenvalue weighted by molar-refractivity contribution is 4.75. The molecular formula is C13H27NO. The molecule has 1 aliphatic rings. The summed E-state index contributed by atoms with van der Waals surface area (Å²) in [6, 6.07) is 0. The molecule has 0 aromatic rings. The fraction of sp³-hybridized carbons (Fsp3) is 1.00. The molecule has 0 aromatic heterocycles. The van der Waals surface area contributed by atoms with Gasteiger partial charge in [-0.1, -0.05) is 19.8 Å². The molecule has 0 bridgehead atoms. The first kappa shape index (κ1) is 13.0. The van der Waals surface area contributed by atoms with Gasteiger partial charge in [0, 0.05) is 13.7 Å². The van der Waals surface area contributed by atoms with Crippen molar-refractivity contribution in [2.75, 3.05) is 20.2 Å². The van der Waals surface area contributed by atoms with E-state index in [9.17, 15) is 0 Å². The van der Waals surface area contributed by atoms with Crippen LogP contribution in [0.5, 0.6) is 0 Å². The molecule has 2 heteroatoms. The second kappa shape index (κ2) is 5.86. The minimum atomic E-state index is -0.0275. The van der Waals surface area contributed by atoms with Crippen LogP contribution in [0.2, 0.25) is 0 Å². The third kappa shape index (κ3) is 4.98. The largest absolute Gasteiger partial charge is 0.377 e. The minimum Gasteiger partial charge on any atom is -0.377 e. The molecule has 15 heavy (non-hydrogen) atoms. The number of methoxy groups -OCH3 is 1. The molecule has 0 heterocycles. The summed E-state index contributed by atoms with van der Waals surface area (Å²) in [5.74, 6) is 1.82. The molecule has 0 aromatic carbocycles. The number of ether oxygens (including phenoxy) is 1. The molecule has 0 aliphatic heterocycles. The van der Waals surface area contributed by atoms with Crippen molar-refractivity contribution in [3.8, 4) is 0 Å². The van der Waals surface area contributed by atoms with Crippen molar-refractivity contribution in [1.82, 2.24) is 5.32 Å². The van der Waals surface area contributed by atoms with Crippen LogP contribution < -0.4 is 5.32 Å². The first-order chi connectivity index (χ1) is 7.03. The Balaban J connectivity index is 2.14. The Morgan fingerprint density at radius 1 is 1.33 bits per heavy atom. The maximum absolute atomic E-state index is 5.39. The molecule has 1 fully saturated rings. The molecule has 2 nitrogen and oxygen atoms in total. The molecule has 0 radical (unpaired) electrons. The Bertz CT molecular complexity index is 179. The highest BCUT2D eigenvalue weighted by Gasteiger charge is 2.20. The van der Waals surface area contributed by atoms with Gasteiger partial charge in [-0.25, -0.2) is 0 Å². The average Bonchev–Trinajstić information content (AvgIpc) is 2.18. The van der Waals surface area contributed by atoms with Gasteiger partial charge in [-0.15, -0.1) is 0 Å². The maximum Gasteiger partial charge on any atom is 0.0746 e. The van der Waals surface area contributed by atoms with E-state index in [0.29, 0.717) is 0 Å². The Kier molecular flexibility index (Phi) is 5.07. The topological polar surface area (TPSA) is 21.3 Å². The van der Waals surface area contributed by atoms with E-state index in [-0.39, 0.29) is 5.60 Å². The van der Waals surface area contributed by atoms with E-state index >= 15 is 0 Å². The van der Waals surface area contributed by atoms with E-state index in [1.165, 1.54) is 25.7 Å². The van der Waals surface area contributed by atoms with Crippen molar-refractivity contribution in [2.45, 2.75) is 52.1 Å². The zero-order valence-electron chi connectivity index (χ0n) is 10.8. The lowest BCUT2D eigenvalue weighted by Crippen LogP contribution is -2.39. The Labute approximate surface area is 94.8 Å². The van der Waals surface area contributed by atoms with Crippen molar-refractivity contribution >= 4 is 0 Å². The minimum absolute atomic E-state index is 0.0275. The number of hydrogen-bond acceptors (Lipinski definition) is 2. The Hall–Kier alpha value is -0.0800. The summed E-state index contributed by atoms with van der Waals surface area (Å²) in [6.07, 6.45) is 5.66. The van der Waals surface area contributed by atoms with Crippen LogP contribution in [0.1, 0.15) is 46.5 Å². The molecule has 1 rings (SSSR count). The van der Waals surface area contributed by atoms with Gasteiger partial charge < -0.3 is 10.1 Å². The van der Waals surface area contributed by atoms with Gasteiger partial charge in [-0.3, -0.25) is 0 Å². The lowest BCUT2D eigenvalue weighted by Gasteiger charge is -2.29. The van der Waals surface area contributed by atoms with Crippen LogP contribution in [-0.4, -0.2) is 25.8 Å². The van der Waals surface area contributed by atoms with Crippen LogP contribution in [0.3, 0.4) is 0 Å². The smallest absolute Gasteiger partial charge is 0.0746 e. The molecule has 2 unspecified atom stereocenters. The second-order valence-electron chi connectivity index (χ2n) is 5.73. The van der Waals surface area contributed by atoms with Crippen molar-refractivity contribution in [2.24, 2.45) is 11.8 Å². The molecule has 2 atom stereocenters. The van der Waals surface area contributed by atoms with Gasteiger partial charge in [0.05, 0.1) is 5.60 Å². The van der Waals surface area contributed by atoms with Crippen LogP contribution in [0.4, 0.5) is 0 Å². The zero-order chi connectivity index (χ0) is 11.3. The fourth-order valence-electron chi connectivity index (χ4n) is 2.39. The normalized spacial score (nSPS) is 28.0. The monoisotopic (exact) mass is 213 g/mol. The molecule has 1 saturated carbocycles. The second-order valence-corrected chi connectivity index (χ2v) is 5.73. The van der Waals surface area contributed by atoms with Crippen LogP contribution in [0.25, 0.3) is 0 Å². The summed E-state index contributed by atoms with van der Waals surface area (Å²) in [5.41, 5.74) is -0.0275. The third-order valence-electron chi connectivity index (χ3n) is 3.58. The van der Waals surface area contributed by atoms with E-state index in [2.05, 4.69) is 26.1 Å². The van der Waals surface area contributed by atoms with Gasteiger partial charge in [-0.2, -0.15) is 0 Å². The number of rotatable bonds is 5. The van der Waals surface area contributed by atoms with Crippen molar-refractivity contribution in [3.05, 3.63) is 0 Å². The summed E-state index contributed by atoms with van der Waals surface area (Å²) < 4.78 is 5.39. The number of hydrogen-bond donors (Lipinski definition) is 1. The first-order valence-electron chi connectivity index (χ1n) is 6.29. The summed E-state index contributed by atoms with van der Waals surface area (Å²) >= 11 is 0. The van der Waals surface area contributed by atoms with E-state index in [4.69, 9.17) is 4.74 Å². The first-order valence-corrected chi connectivity index (χ1v) is 6.29. The molecule has 0 amide bonds. The summed E-state index contributed by atoms with van der Waals surface area (Å²) in [6.45, 7) is 8.75. The third-order valence-corrected chi connectivity index (χ3v) is 3.58. The quantitative estimate of drug-likeness (QED) is 0.758. The van der Waals surface area contributed by atoms with Crippen LogP contribution in [0.15, 0.2) is 0 Å². The van der Waals surface area contributed by atoms with Crippen LogP contribution in [-0.2, 0) is 4.74 Å². The predicted octanol–water partition coefficient (Wildman–Crippen LogP) is 2.83. The SMILES string of the molecule is COC(C)(C)CNCC1CCCC(C)C1. The Morgan fingerprint density at radius 3 is 2.67 bits per heavy atom. The van der Waals surface area contributed by atoms with Crippen molar-refractivity contribution in [1.29, 1.82) is 0 Å². The molecule has 1 aliphatic carbocycles. The van der Waals surface area contributed by atoms with Crippen LogP contribution >= 0.6 is 0 Å². The van der Waals surface area contributed by atoms with Gasteiger partial charge in [0.15, 0.2) is 0 Å². The average molecular weight is 213 g/mol. The van der Waals surface area contributed by atoms with Gasteiger partial charge in [-0.05, 0) is 45.1 Å². The molecule has 90 valence electrons. The summed E-state index contributed by atoms with van der Waals surface area (Å²) in [5, 5.41) is 3.54. The maximum atomic E-state index is 5.39. The van der Waals surface area contributed by atoms with Gasteiger partial charge >= 0.3 is 0 Å². The molecule has 0 spiro atoms. The molecule has 0 saturated heterocycles. The lowest BCUT2D eigenvalue weighted by molar-refractivity contribution is 0.0222. The van der Waals surface area contributed by atoms with Crippen LogP contribution in [0, 0.1) is 11.8 Å².